The summed E-state index contributed by atoms with van der Waals surface area (Å²) in [4.78, 5) is 35.2. The standard InChI is InChI=1S/C31H28FN5O9S/c1-44-25-15-16-26(28(17-25)45-2)36(47(42,43)29-6-4-3-5-27(29)37(40)41)19-30(38)35-33-18-21-7-13-24(14-8-21)46-20-31(39)34-23-11-9-22(32)10-12-23/h3-18H,19-20H2,1-2H3,(H,34,39)(H,35,38)/b33-18+. The predicted octanol–water partition coefficient (Wildman–Crippen LogP) is 4.11. The number of carbonyl (C=O) groups excluding carboxylic acids is 2. The molecule has 0 unspecified atom stereocenters. The fraction of sp³-hybridized carbons (Fsp3) is 0.129. The molecule has 4 aromatic rings. The Kier molecular flexibility index (Phi) is 11.0. The Bertz CT molecular complexity index is 1890. The van der Waals surface area contributed by atoms with Crippen LogP contribution in [0.1, 0.15) is 5.56 Å². The van der Waals surface area contributed by atoms with Gasteiger partial charge >= 0.3 is 0 Å². The Morgan fingerprint density at radius 2 is 1.62 bits per heavy atom. The number of nitrogens with one attached hydrogen (secondary N) is 2. The molecule has 0 aromatic heterocycles. The van der Waals surface area contributed by atoms with Crippen molar-refractivity contribution in [2.45, 2.75) is 4.90 Å². The van der Waals surface area contributed by atoms with Crippen molar-refractivity contribution in [1.29, 1.82) is 0 Å². The fourth-order valence-electron chi connectivity index (χ4n) is 4.11. The first-order chi connectivity index (χ1) is 22.5. The normalized spacial score (nSPS) is 11.0. The molecule has 0 aliphatic heterocycles. The molecule has 47 heavy (non-hydrogen) atoms. The van der Waals surface area contributed by atoms with Gasteiger partial charge in [0, 0.05) is 17.8 Å². The van der Waals surface area contributed by atoms with Gasteiger partial charge in [-0.2, -0.15) is 5.10 Å². The summed E-state index contributed by atoms with van der Waals surface area (Å²) in [5, 5.41) is 18.1. The summed E-state index contributed by atoms with van der Waals surface area (Å²) in [5.41, 5.74) is 2.44. The van der Waals surface area contributed by atoms with Gasteiger partial charge in [-0.15, -0.1) is 0 Å². The number of ether oxygens (including phenoxy) is 3. The maximum atomic E-state index is 13.8. The lowest BCUT2D eigenvalue weighted by molar-refractivity contribution is -0.387. The van der Waals surface area contributed by atoms with E-state index in [1.807, 2.05) is 0 Å². The number of halogens is 1. The molecule has 0 heterocycles. The second kappa shape index (κ2) is 15.3. The van der Waals surface area contributed by atoms with Crippen LogP contribution < -0.4 is 29.3 Å². The molecule has 0 spiro atoms. The summed E-state index contributed by atoms with van der Waals surface area (Å²) in [6, 6.07) is 20.5. The number of carbonyl (C=O) groups is 2. The van der Waals surface area contributed by atoms with E-state index in [1.165, 1.54) is 75.0 Å². The number of rotatable bonds is 14. The van der Waals surface area contributed by atoms with Gasteiger partial charge < -0.3 is 19.5 Å². The van der Waals surface area contributed by atoms with Crippen molar-refractivity contribution >= 4 is 45.1 Å². The zero-order valence-corrected chi connectivity index (χ0v) is 25.8. The minimum absolute atomic E-state index is 0.0260. The van der Waals surface area contributed by atoms with Crippen molar-refractivity contribution in [1.82, 2.24) is 5.43 Å². The highest BCUT2D eigenvalue weighted by Crippen LogP contribution is 2.37. The number of anilines is 2. The average molecular weight is 666 g/mol. The van der Waals surface area contributed by atoms with Gasteiger partial charge in [0.05, 0.1) is 31.0 Å². The molecule has 0 atom stereocenters. The second-order valence-electron chi connectivity index (χ2n) is 9.48. The van der Waals surface area contributed by atoms with Gasteiger partial charge in [-0.3, -0.25) is 24.0 Å². The van der Waals surface area contributed by atoms with Crippen LogP contribution in [0.25, 0.3) is 0 Å². The lowest BCUT2D eigenvalue weighted by Crippen LogP contribution is -2.40. The van der Waals surface area contributed by atoms with E-state index in [4.69, 9.17) is 14.2 Å². The summed E-state index contributed by atoms with van der Waals surface area (Å²) < 4.78 is 57.3. The third kappa shape index (κ3) is 8.79. The summed E-state index contributed by atoms with van der Waals surface area (Å²) in [6.45, 7) is -1.12. The van der Waals surface area contributed by atoms with Gasteiger partial charge in [0.2, 0.25) is 0 Å². The Morgan fingerprint density at radius 3 is 2.28 bits per heavy atom. The highest BCUT2D eigenvalue weighted by atomic mass is 32.2. The second-order valence-corrected chi connectivity index (χ2v) is 11.3. The molecule has 244 valence electrons. The molecule has 0 radical (unpaired) electrons. The van der Waals surface area contributed by atoms with Gasteiger partial charge in [0.25, 0.3) is 27.5 Å². The Hall–Kier alpha value is -6.03. The number of methoxy groups -OCH3 is 2. The number of nitro groups is 1. The van der Waals surface area contributed by atoms with Crippen molar-refractivity contribution in [3.05, 3.63) is 112 Å². The van der Waals surface area contributed by atoms with Gasteiger partial charge in [0.1, 0.15) is 29.6 Å². The molecule has 0 bridgehead atoms. The number of para-hydroxylation sites is 1. The number of nitro benzene ring substituents is 1. The van der Waals surface area contributed by atoms with Crippen LogP contribution in [0.4, 0.5) is 21.5 Å². The predicted molar refractivity (Wildman–Crippen MR) is 170 cm³/mol. The van der Waals surface area contributed by atoms with Crippen LogP contribution in [-0.2, 0) is 19.6 Å². The summed E-state index contributed by atoms with van der Waals surface area (Å²) in [6.07, 6.45) is 1.29. The zero-order chi connectivity index (χ0) is 34.0. The summed E-state index contributed by atoms with van der Waals surface area (Å²) in [7, 11) is -2.00. The van der Waals surface area contributed by atoms with E-state index in [9.17, 15) is 32.5 Å². The Balaban J connectivity index is 1.45. The highest BCUT2D eigenvalue weighted by molar-refractivity contribution is 7.93. The van der Waals surface area contributed by atoms with Crippen molar-refractivity contribution < 1.29 is 41.5 Å². The van der Waals surface area contributed by atoms with E-state index in [-0.39, 0.29) is 18.0 Å². The maximum absolute atomic E-state index is 13.8. The molecule has 0 fully saturated rings. The number of benzene rings is 4. The molecule has 14 nitrogen and oxygen atoms in total. The number of hydrazone groups is 1. The third-order valence-electron chi connectivity index (χ3n) is 6.35. The molecular weight excluding hydrogens is 637 g/mol. The smallest absolute Gasteiger partial charge is 0.289 e. The Labute approximate surface area is 268 Å². The van der Waals surface area contributed by atoms with Gasteiger partial charge in [-0.25, -0.2) is 18.2 Å². The van der Waals surface area contributed by atoms with Crippen LogP contribution in [0.3, 0.4) is 0 Å². The number of amides is 2. The quantitative estimate of drug-likeness (QED) is 0.114. The van der Waals surface area contributed by atoms with E-state index in [0.717, 1.165) is 12.1 Å². The van der Waals surface area contributed by atoms with Crippen molar-refractivity contribution in [2.75, 3.05) is 37.0 Å². The van der Waals surface area contributed by atoms with Crippen LogP contribution in [0.15, 0.2) is 101 Å². The van der Waals surface area contributed by atoms with E-state index in [2.05, 4.69) is 15.8 Å². The van der Waals surface area contributed by atoms with Gasteiger partial charge in [0.15, 0.2) is 11.5 Å². The lowest BCUT2D eigenvalue weighted by Gasteiger charge is -2.25. The summed E-state index contributed by atoms with van der Waals surface area (Å²) >= 11 is 0. The number of sulfonamides is 1. The first-order valence-corrected chi connectivity index (χ1v) is 15.0. The largest absolute Gasteiger partial charge is 0.497 e. The van der Waals surface area contributed by atoms with Crippen molar-refractivity contribution in [3.8, 4) is 17.2 Å². The topological polar surface area (TPSA) is 179 Å². The van der Waals surface area contributed by atoms with E-state index in [0.29, 0.717) is 27.1 Å². The monoisotopic (exact) mass is 665 g/mol. The Morgan fingerprint density at radius 1 is 0.936 bits per heavy atom. The SMILES string of the molecule is COc1ccc(N(CC(=O)N/N=C/c2ccc(OCC(=O)Nc3ccc(F)cc3)cc2)S(=O)(=O)c2ccccc2[N+](=O)[O-])c(OC)c1. The van der Waals surface area contributed by atoms with Crippen LogP contribution in [-0.4, -0.2) is 58.7 Å². The molecule has 0 saturated carbocycles. The van der Waals surface area contributed by atoms with E-state index < -0.39 is 49.7 Å². The van der Waals surface area contributed by atoms with Crippen LogP contribution in [0.2, 0.25) is 0 Å². The molecule has 2 N–H and O–H groups in total. The molecule has 0 saturated heterocycles. The van der Waals surface area contributed by atoms with Crippen molar-refractivity contribution in [3.63, 3.8) is 0 Å². The first-order valence-electron chi connectivity index (χ1n) is 13.6. The first kappa shape index (κ1) is 33.9. The van der Waals surface area contributed by atoms with E-state index >= 15 is 0 Å². The fourth-order valence-corrected chi connectivity index (χ4v) is 5.70. The van der Waals surface area contributed by atoms with Gasteiger partial charge in [-0.05, 0) is 72.3 Å². The zero-order valence-electron chi connectivity index (χ0n) is 25.0. The molecule has 0 aliphatic carbocycles. The number of hydrogen-bond donors (Lipinski definition) is 2. The maximum Gasteiger partial charge on any atom is 0.289 e. The summed E-state index contributed by atoms with van der Waals surface area (Å²) in [5.74, 6) is -1.01. The molecule has 16 heteroatoms. The molecular formula is C31H28FN5O9S. The lowest BCUT2D eigenvalue weighted by atomic mass is 10.2. The van der Waals surface area contributed by atoms with Crippen molar-refractivity contribution in [2.24, 2.45) is 5.10 Å². The third-order valence-corrected chi connectivity index (χ3v) is 8.16. The average Bonchev–Trinajstić information content (AvgIpc) is 3.07. The van der Waals surface area contributed by atoms with Crippen LogP contribution in [0.5, 0.6) is 17.2 Å². The van der Waals surface area contributed by atoms with Crippen LogP contribution in [0, 0.1) is 15.9 Å². The molecule has 4 aromatic carbocycles. The minimum Gasteiger partial charge on any atom is -0.497 e. The van der Waals surface area contributed by atoms with Gasteiger partial charge in [-0.1, -0.05) is 12.1 Å². The molecule has 0 aliphatic rings. The van der Waals surface area contributed by atoms with E-state index in [1.54, 1.807) is 24.3 Å². The number of hydrogen-bond acceptors (Lipinski definition) is 10. The minimum atomic E-state index is -4.69. The molecule has 4 rings (SSSR count). The number of nitrogens with zero attached hydrogens (tertiary/aromatic N) is 3. The highest BCUT2D eigenvalue weighted by Gasteiger charge is 2.34. The molecule has 2 amide bonds. The van der Waals surface area contributed by atoms with Crippen LogP contribution >= 0.6 is 0 Å².